The van der Waals surface area contributed by atoms with E-state index in [1.165, 1.54) is 39.3 Å². The molecule has 164 valence electrons. The van der Waals surface area contributed by atoms with Gasteiger partial charge in [0.1, 0.15) is 18.5 Å². The fourth-order valence-electron chi connectivity index (χ4n) is 4.13. The van der Waals surface area contributed by atoms with Crippen LogP contribution in [0.3, 0.4) is 0 Å². The summed E-state index contributed by atoms with van der Waals surface area (Å²) in [6.07, 6.45) is 16.7. The van der Waals surface area contributed by atoms with Gasteiger partial charge in [-0.25, -0.2) is 4.98 Å². The average Bonchev–Trinajstić information content (AvgIpc) is 2.94. The summed E-state index contributed by atoms with van der Waals surface area (Å²) >= 11 is 0. The molecule has 1 saturated heterocycles. The van der Waals surface area contributed by atoms with Crippen LogP contribution in [0.25, 0.3) is 5.57 Å². The third-order valence-corrected chi connectivity index (χ3v) is 5.67. The van der Waals surface area contributed by atoms with Crippen LogP contribution in [0.4, 0.5) is 0 Å². The Hall–Kier alpha value is -2.70. The third-order valence-electron chi connectivity index (χ3n) is 5.67. The number of hydrogen-bond donors (Lipinski definition) is 0. The van der Waals surface area contributed by atoms with Crippen molar-refractivity contribution in [3.05, 3.63) is 65.6 Å². The minimum Gasteiger partial charge on any atom is -0.463 e. The lowest BCUT2D eigenvalue weighted by Gasteiger charge is -2.25. The SMILES string of the molecule is CC(=O)OCCOC1C=CC=C2Oc3ncccc3C(=CCCN3CCCCC3)C=C21. The molecule has 0 N–H and O–H groups in total. The first-order chi connectivity index (χ1) is 15.2. The fourth-order valence-corrected chi connectivity index (χ4v) is 4.13. The molecule has 3 aliphatic rings. The van der Waals surface area contributed by atoms with E-state index < -0.39 is 0 Å². The van der Waals surface area contributed by atoms with Crippen LogP contribution < -0.4 is 4.74 Å². The number of ether oxygens (including phenoxy) is 3. The molecule has 4 rings (SSSR count). The van der Waals surface area contributed by atoms with Crippen molar-refractivity contribution in [2.75, 3.05) is 32.8 Å². The van der Waals surface area contributed by atoms with E-state index in [0.717, 1.165) is 35.4 Å². The second-order valence-corrected chi connectivity index (χ2v) is 7.96. The van der Waals surface area contributed by atoms with E-state index in [2.05, 4.69) is 22.0 Å². The standard InChI is InChI=1S/C25H30N2O4/c1-19(28)29-16-17-30-23-10-5-11-24-22(23)18-20(21-9-6-12-26-25(21)31-24)8-7-15-27-13-3-2-4-14-27/h5-6,8-12,18,23H,2-4,7,13-17H2,1H3. The number of fused-ring (bicyclic) bond motifs is 2. The topological polar surface area (TPSA) is 60.9 Å². The minimum absolute atomic E-state index is 0.229. The van der Waals surface area contributed by atoms with Crippen molar-refractivity contribution < 1.29 is 19.0 Å². The van der Waals surface area contributed by atoms with Crippen LogP contribution in [0, 0.1) is 0 Å². The smallest absolute Gasteiger partial charge is 0.302 e. The van der Waals surface area contributed by atoms with Crippen molar-refractivity contribution in [1.82, 2.24) is 9.88 Å². The van der Waals surface area contributed by atoms with Gasteiger partial charge in [0, 0.05) is 30.8 Å². The van der Waals surface area contributed by atoms with Crippen molar-refractivity contribution in [2.24, 2.45) is 0 Å². The number of carbonyl (C=O) groups excluding carboxylic acids is 1. The maximum atomic E-state index is 11.0. The molecular weight excluding hydrogens is 392 g/mol. The quantitative estimate of drug-likeness (QED) is 0.488. The number of hydrogen-bond acceptors (Lipinski definition) is 6. The zero-order valence-electron chi connectivity index (χ0n) is 18.1. The van der Waals surface area contributed by atoms with E-state index in [9.17, 15) is 4.79 Å². The van der Waals surface area contributed by atoms with Gasteiger partial charge in [0.15, 0.2) is 0 Å². The second-order valence-electron chi connectivity index (χ2n) is 7.96. The Morgan fingerprint density at radius 2 is 2.16 bits per heavy atom. The van der Waals surface area contributed by atoms with Gasteiger partial charge in [0.2, 0.25) is 5.88 Å². The lowest BCUT2D eigenvalue weighted by Crippen LogP contribution is -2.30. The highest BCUT2D eigenvalue weighted by atomic mass is 16.6. The van der Waals surface area contributed by atoms with E-state index >= 15 is 0 Å². The van der Waals surface area contributed by atoms with E-state index in [4.69, 9.17) is 14.2 Å². The molecule has 1 aliphatic carbocycles. The Bertz CT molecular complexity index is 910. The number of pyridine rings is 1. The van der Waals surface area contributed by atoms with E-state index in [1.54, 1.807) is 6.20 Å². The van der Waals surface area contributed by atoms with Gasteiger partial charge in [-0.2, -0.15) is 0 Å². The van der Waals surface area contributed by atoms with Gasteiger partial charge in [0.25, 0.3) is 0 Å². The van der Waals surface area contributed by atoms with Crippen molar-refractivity contribution in [1.29, 1.82) is 0 Å². The lowest BCUT2D eigenvalue weighted by atomic mass is 9.97. The Kier molecular flexibility index (Phi) is 7.33. The highest BCUT2D eigenvalue weighted by Gasteiger charge is 2.26. The molecule has 0 radical (unpaired) electrons. The summed E-state index contributed by atoms with van der Waals surface area (Å²) in [5.74, 6) is 1.04. The molecule has 3 heterocycles. The first-order valence-electron chi connectivity index (χ1n) is 11.1. The van der Waals surface area contributed by atoms with Crippen molar-refractivity contribution in [3.8, 4) is 5.88 Å². The number of nitrogens with zero attached hydrogens (tertiary/aromatic N) is 2. The van der Waals surface area contributed by atoms with Crippen molar-refractivity contribution >= 4 is 11.5 Å². The molecule has 2 aliphatic heterocycles. The monoisotopic (exact) mass is 422 g/mol. The number of rotatable bonds is 7. The van der Waals surface area contributed by atoms with E-state index in [1.807, 2.05) is 30.4 Å². The molecule has 1 unspecified atom stereocenters. The molecule has 1 aromatic rings. The Morgan fingerprint density at radius 3 is 3.00 bits per heavy atom. The molecule has 6 heteroatoms. The summed E-state index contributed by atoms with van der Waals surface area (Å²) in [7, 11) is 0. The average molecular weight is 423 g/mol. The summed E-state index contributed by atoms with van der Waals surface area (Å²) in [5.41, 5.74) is 3.04. The predicted octanol–water partition coefficient (Wildman–Crippen LogP) is 4.06. The number of piperidine rings is 1. The van der Waals surface area contributed by atoms with Gasteiger partial charge in [-0.15, -0.1) is 0 Å². The molecular formula is C25H30N2O4. The minimum atomic E-state index is -0.305. The summed E-state index contributed by atoms with van der Waals surface area (Å²) in [5, 5.41) is 0. The number of esters is 1. The Labute approximate surface area is 183 Å². The van der Waals surface area contributed by atoms with Gasteiger partial charge in [0.05, 0.1) is 6.61 Å². The van der Waals surface area contributed by atoms with Gasteiger partial charge < -0.3 is 19.1 Å². The second kappa shape index (κ2) is 10.6. The van der Waals surface area contributed by atoms with Crippen molar-refractivity contribution in [3.63, 3.8) is 0 Å². The summed E-state index contributed by atoms with van der Waals surface area (Å²) in [4.78, 5) is 18.0. The zero-order valence-corrected chi connectivity index (χ0v) is 18.1. The number of aromatic nitrogens is 1. The normalized spacial score (nSPS) is 22.0. The maximum Gasteiger partial charge on any atom is 0.302 e. The molecule has 0 amide bonds. The fraction of sp³-hybridized carbons (Fsp3) is 0.440. The Balaban J connectivity index is 1.53. The van der Waals surface area contributed by atoms with Crippen LogP contribution in [0.2, 0.25) is 0 Å². The van der Waals surface area contributed by atoms with E-state index in [-0.39, 0.29) is 18.7 Å². The first-order valence-corrected chi connectivity index (χ1v) is 11.1. The molecule has 1 fully saturated rings. The number of allylic oxidation sites excluding steroid dienone is 4. The molecule has 0 bridgehead atoms. The molecule has 0 saturated carbocycles. The maximum absolute atomic E-state index is 11.0. The van der Waals surface area contributed by atoms with Crippen molar-refractivity contribution in [2.45, 2.75) is 38.7 Å². The molecule has 0 spiro atoms. The predicted molar refractivity (Wildman–Crippen MR) is 119 cm³/mol. The van der Waals surface area contributed by atoms with Crippen LogP contribution in [-0.4, -0.2) is 54.8 Å². The Morgan fingerprint density at radius 1 is 1.29 bits per heavy atom. The molecule has 1 aromatic heterocycles. The van der Waals surface area contributed by atoms with Crippen LogP contribution in [0.15, 0.2) is 60.0 Å². The third kappa shape index (κ3) is 5.71. The lowest BCUT2D eigenvalue weighted by molar-refractivity contribution is -0.142. The van der Waals surface area contributed by atoms with Gasteiger partial charge in [-0.05, 0) is 62.2 Å². The molecule has 6 nitrogen and oxygen atoms in total. The van der Waals surface area contributed by atoms with Gasteiger partial charge in [-0.3, -0.25) is 4.79 Å². The number of likely N-dealkylation sites (tertiary alicyclic amines) is 1. The highest BCUT2D eigenvalue weighted by Crippen LogP contribution is 2.36. The van der Waals surface area contributed by atoms with Gasteiger partial charge in [-0.1, -0.05) is 24.6 Å². The number of carbonyl (C=O) groups is 1. The summed E-state index contributed by atoms with van der Waals surface area (Å²) < 4.78 is 17.2. The molecule has 31 heavy (non-hydrogen) atoms. The summed E-state index contributed by atoms with van der Waals surface area (Å²) in [6, 6.07) is 3.99. The zero-order chi connectivity index (χ0) is 21.5. The molecule has 1 atom stereocenters. The van der Waals surface area contributed by atoms with Crippen LogP contribution in [0.5, 0.6) is 5.88 Å². The van der Waals surface area contributed by atoms with Crippen LogP contribution >= 0.6 is 0 Å². The molecule has 0 aromatic carbocycles. The van der Waals surface area contributed by atoms with Gasteiger partial charge >= 0.3 is 5.97 Å². The first kappa shape index (κ1) is 21.5. The highest BCUT2D eigenvalue weighted by molar-refractivity contribution is 5.80. The van der Waals surface area contributed by atoms with Crippen LogP contribution in [-0.2, 0) is 14.3 Å². The van der Waals surface area contributed by atoms with E-state index in [0.29, 0.717) is 12.5 Å². The largest absolute Gasteiger partial charge is 0.463 e. The van der Waals surface area contributed by atoms with Crippen LogP contribution in [0.1, 0.15) is 38.2 Å². The summed E-state index contributed by atoms with van der Waals surface area (Å²) in [6.45, 7) is 5.40.